The molecule has 10 nitrogen and oxygen atoms in total. The molecule has 1 amide bonds. The van der Waals surface area contributed by atoms with Crippen LogP contribution in [-0.2, 0) is 4.74 Å². The molecule has 2 N–H and O–H groups in total. The third-order valence-electron chi connectivity index (χ3n) is 4.22. The Kier molecular flexibility index (Phi) is 6.29. The highest BCUT2D eigenvalue weighted by atomic mass is 32.1. The van der Waals surface area contributed by atoms with Crippen LogP contribution >= 0.6 is 12.2 Å². The summed E-state index contributed by atoms with van der Waals surface area (Å²) in [4.78, 5) is 33.8. The summed E-state index contributed by atoms with van der Waals surface area (Å²) in [6.45, 7) is 5.74. The standard InChI is InChI=1S/C18H20N6O4S/c1-11-9-12(2)20-17(19-11)22-18(29)21-16(25)13-3-4-14(15(10-13)24(26)27)23-5-7-28-8-6-23/h3-4,9-10H,5-8H2,1-2H3,(H2,19,20,21,22,25,29). The fourth-order valence-corrected chi connectivity index (χ4v) is 3.16. The number of hydrogen-bond donors (Lipinski definition) is 2. The summed E-state index contributed by atoms with van der Waals surface area (Å²) in [5.41, 5.74) is 1.95. The normalized spacial score (nSPS) is 13.7. The van der Waals surface area contributed by atoms with Gasteiger partial charge in [0, 0.05) is 36.1 Å². The Labute approximate surface area is 172 Å². The van der Waals surface area contributed by atoms with Crippen LogP contribution in [0.15, 0.2) is 24.3 Å². The summed E-state index contributed by atoms with van der Waals surface area (Å²) in [5.74, 6) is -0.301. The van der Waals surface area contributed by atoms with Crippen LogP contribution in [0.4, 0.5) is 17.3 Å². The number of thiocarbonyl (C=S) groups is 1. The fraction of sp³-hybridized carbons (Fsp3) is 0.333. The molecule has 1 aliphatic heterocycles. The van der Waals surface area contributed by atoms with Crippen molar-refractivity contribution in [3.63, 3.8) is 0 Å². The monoisotopic (exact) mass is 416 g/mol. The topological polar surface area (TPSA) is 123 Å². The number of nitrogens with one attached hydrogen (secondary N) is 2. The minimum Gasteiger partial charge on any atom is -0.378 e. The minimum atomic E-state index is -0.566. The van der Waals surface area contributed by atoms with Crippen LogP contribution in [0.3, 0.4) is 0 Å². The molecular formula is C18H20N6O4S. The minimum absolute atomic E-state index is 0.0000844. The number of nitro benzene ring substituents is 1. The lowest BCUT2D eigenvalue weighted by molar-refractivity contribution is -0.384. The van der Waals surface area contributed by atoms with E-state index in [-0.39, 0.29) is 22.3 Å². The van der Waals surface area contributed by atoms with Crippen LogP contribution in [0.1, 0.15) is 21.7 Å². The molecule has 2 aromatic rings. The van der Waals surface area contributed by atoms with E-state index in [1.54, 1.807) is 6.07 Å². The molecule has 1 saturated heterocycles. The van der Waals surface area contributed by atoms with Gasteiger partial charge in [-0.05, 0) is 44.3 Å². The van der Waals surface area contributed by atoms with Gasteiger partial charge in [-0.15, -0.1) is 0 Å². The fourth-order valence-electron chi connectivity index (χ4n) is 2.97. The molecular weight excluding hydrogens is 396 g/mol. The Hall–Kier alpha value is -3.18. The first-order valence-electron chi connectivity index (χ1n) is 8.89. The van der Waals surface area contributed by atoms with Gasteiger partial charge in [-0.1, -0.05) is 0 Å². The van der Waals surface area contributed by atoms with Gasteiger partial charge in [0.05, 0.1) is 18.1 Å². The average molecular weight is 416 g/mol. The van der Waals surface area contributed by atoms with E-state index >= 15 is 0 Å². The summed E-state index contributed by atoms with van der Waals surface area (Å²) >= 11 is 5.13. The number of anilines is 2. The molecule has 0 spiro atoms. The first-order chi connectivity index (χ1) is 13.8. The zero-order valence-electron chi connectivity index (χ0n) is 16.0. The maximum absolute atomic E-state index is 12.5. The number of rotatable bonds is 4. The van der Waals surface area contributed by atoms with Crippen LogP contribution in [0, 0.1) is 24.0 Å². The molecule has 0 atom stereocenters. The van der Waals surface area contributed by atoms with E-state index in [0.717, 1.165) is 11.4 Å². The van der Waals surface area contributed by atoms with Crippen molar-refractivity contribution in [2.24, 2.45) is 0 Å². The number of aromatic nitrogens is 2. The van der Waals surface area contributed by atoms with Crippen LogP contribution in [0.2, 0.25) is 0 Å². The van der Waals surface area contributed by atoms with Crippen molar-refractivity contribution in [2.75, 3.05) is 36.5 Å². The van der Waals surface area contributed by atoms with Gasteiger partial charge in [0.15, 0.2) is 5.11 Å². The van der Waals surface area contributed by atoms with Crippen molar-refractivity contribution in [3.8, 4) is 0 Å². The van der Waals surface area contributed by atoms with Crippen LogP contribution in [-0.4, -0.2) is 52.2 Å². The van der Waals surface area contributed by atoms with Crippen LogP contribution in [0.25, 0.3) is 0 Å². The molecule has 1 aromatic carbocycles. The van der Waals surface area contributed by atoms with E-state index in [0.29, 0.717) is 32.0 Å². The predicted octanol–water partition coefficient (Wildman–Crippen LogP) is 1.97. The highest BCUT2D eigenvalue weighted by Crippen LogP contribution is 2.29. The Morgan fingerprint density at radius 2 is 1.86 bits per heavy atom. The zero-order chi connectivity index (χ0) is 21.0. The van der Waals surface area contributed by atoms with Gasteiger partial charge in [0.2, 0.25) is 5.95 Å². The van der Waals surface area contributed by atoms with E-state index in [9.17, 15) is 14.9 Å². The predicted molar refractivity (Wildman–Crippen MR) is 111 cm³/mol. The van der Waals surface area contributed by atoms with Crippen LogP contribution in [0.5, 0.6) is 0 Å². The van der Waals surface area contributed by atoms with Gasteiger partial charge >= 0.3 is 0 Å². The lowest BCUT2D eigenvalue weighted by Crippen LogP contribution is -2.37. The molecule has 2 heterocycles. The molecule has 1 fully saturated rings. The third kappa shape index (κ3) is 5.21. The van der Waals surface area contributed by atoms with Crippen molar-refractivity contribution in [1.29, 1.82) is 0 Å². The molecule has 3 rings (SSSR count). The smallest absolute Gasteiger partial charge is 0.293 e. The summed E-state index contributed by atoms with van der Waals surface area (Å²) in [6.07, 6.45) is 0. The van der Waals surface area contributed by atoms with Crippen LogP contribution < -0.4 is 15.5 Å². The largest absolute Gasteiger partial charge is 0.378 e. The molecule has 152 valence electrons. The number of carbonyl (C=O) groups excluding carboxylic acids is 1. The third-order valence-corrected chi connectivity index (χ3v) is 4.42. The van der Waals surface area contributed by atoms with E-state index in [1.165, 1.54) is 12.1 Å². The number of benzene rings is 1. The number of morpholine rings is 1. The number of hydrogen-bond acceptors (Lipinski definition) is 8. The second-order valence-corrected chi connectivity index (χ2v) is 6.85. The number of aryl methyl sites for hydroxylation is 2. The lowest BCUT2D eigenvalue weighted by Gasteiger charge is -2.28. The first kappa shape index (κ1) is 20.6. The summed E-state index contributed by atoms with van der Waals surface area (Å²) in [7, 11) is 0. The SMILES string of the molecule is Cc1cc(C)nc(NC(=S)NC(=O)c2ccc(N3CCOCC3)c([N+](=O)[O-])c2)n1. The van der Waals surface area contributed by atoms with E-state index in [2.05, 4.69) is 20.6 Å². The second-order valence-electron chi connectivity index (χ2n) is 6.44. The van der Waals surface area contributed by atoms with Gasteiger partial charge < -0.3 is 15.0 Å². The number of nitrogens with zero attached hydrogens (tertiary/aromatic N) is 4. The molecule has 0 saturated carbocycles. The molecule has 0 aliphatic carbocycles. The molecule has 11 heteroatoms. The van der Waals surface area contributed by atoms with Crippen molar-refractivity contribution >= 4 is 40.6 Å². The van der Waals surface area contributed by atoms with Crippen molar-refractivity contribution in [1.82, 2.24) is 15.3 Å². The Morgan fingerprint density at radius 3 is 2.48 bits per heavy atom. The Balaban J connectivity index is 1.73. The molecule has 1 aliphatic rings. The highest BCUT2D eigenvalue weighted by Gasteiger charge is 2.23. The van der Waals surface area contributed by atoms with Crippen molar-refractivity contribution in [2.45, 2.75) is 13.8 Å². The Morgan fingerprint density at radius 1 is 1.21 bits per heavy atom. The lowest BCUT2D eigenvalue weighted by atomic mass is 10.1. The summed E-state index contributed by atoms with van der Waals surface area (Å²) in [5, 5.41) is 16.8. The maximum atomic E-state index is 12.5. The summed E-state index contributed by atoms with van der Waals surface area (Å²) in [6, 6.07) is 6.16. The van der Waals surface area contributed by atoms with Gasteiger partial charge in [0.1, 0.15) is 5.69 Å². The molecule has 0 bridgehead atoms. The van der Waals surface area contributed by atoms with E-state index < -0.39 is 10.8 Å². The van der Waals surface area contributed by atoms with E-state index in [1.807, 2.05) is 24.8 Å². The van der Waals surface area contributed by atoms with Gasteiger partial charge in [-0.25, -0.2) is 9.97 Å². The second kappa shape index (κ2) is 8.88. The van der Waals surface area contributed by atoms with Crippen molar-refractivity contribution in [3.05, 3.63) is 51.3 Å². The molecule has 0 unspecified atom stereocenters. The molecule has 0 radical (unpaired) electrons. The molecule has 1 aromatic heterocycles. The quantitative estimate of drug-likeness (QED) is 0.437. The maximum Gasteiger partial charge on any atom is 0.293 e. The van der Waals surface area contributed by atoms with Gasteiger partial charge in [-0.3, -0.25) is 20.2 Å². The average Bonchev–Trinajstić information content (AvgIpc) is 2.67. The van der Waals surface area contributed by atoms with Gasteiger partial charge in [-0.2, -0.15) is 0 Å². The summed E-state index contributed by atoms with van der Waals surface area (Å²) < 4.78 is 5.28. The zero-order valence-corrected chi connectivity index (χ0v) is 16.8. The number of ether oxygens (including phenoxy) is 1. The molecule has 29 heavy (non-hydrogen) atoms. The Bertz CT molecular complexity index is 941. The first-order valence-corrected chi connectivity index (χ1v) is 9.30. The highest BCUT2D eigenvalue weighted by molar-refractivity contribution is 7.80. The van der Waals surface area contributed by atoms with Gasteiger partial charge in [0.25, 0.3) is 11.6 Å². The van der Waals surface area contributed by atoms with Crippen molar-refractivity contribution < 1.29 is 14.5 Å². The number of nitro groups is 1. The van der Waals surface area contributed by atoms with E-state index in [4.69, 9.17) is 17.0 Å². The number of carbonyl (C=O) groups is 1. The number of amides is 1.